The van der Waals surface area contributed by atoms with Gasteiger partial charge in [0.1, 0.15) is 5.82 Å². The van der Waals surface area contributed by atoms with Crippen molar-refractivity contribution in [3.63, 3.8) is 0 Å². The summed E-state index contributed by atoms with van der Waals surface area (Å²) in [6.07, 6.45) is 9.78. The van der Waals surface area contributed by atoms with Gasteiger partial charge in [0.2, 0.25) is 0 Å². The van der Waals surface area contributed by atoms with Crippen LogP contribution in [0.3, 0.4) is 0 Å². The van der Waals surface area contributed by atoms with Crippen LogP contribution in [0.1, 0.15) is 50.2 Å². The molecule has 2 heterocycles. The minimum absolute atomic E-state index is 0.811. The molecule has 1 N–H and O–H groups in total. The first kappa shape index (κ1) is 18.4. The third kappa shape index (κ3) is 5.02. The summed E-state index contributed by atoms with van der Waals surface area (Å²) >= 11 is 0. The summed E-state index contributed by atoms with van der Waals surface area (Å²) in [4.78, 5) is 7.10. The van der Waals surface area contributed by atoms with E-state index in [0.717, 1.165) is 55.3 Å². The number of piperidine rings is 1. The van der Waals surface area contributed by atoms with Gasteiger partial charge < -0.3 is 15.0 Å². The molecule has 0 radical (unpaired) electrons. The summed E-state index contributed by atoms with van der Waals surface area (Å²) < 4.78 is 5.35. The molecule has 0 aromatic carbocycles. The molecule has 1 aliphatic heterocycles. The second-order valence-corrected chi connectivity index (χ2v) is 6.35. The summed E-state index contributed by atoms with van der Waals surface area (Å²) in [7, 11) is 1.73. The van der Waals surface area contributed by atoms with Gasteiger partial charge in [-0.2, -0.15) is 0 Å². The second-order valence-electron chi connectivity index (χ2n) is 6.35. The average Bonchev–Trinajstić information content (AvgIpc) is 2.61. The van der Waals surface area contributed by atoms with E-state index in [1.807, 2.05) is 6.20 Å². The number of aryl methyl sites for hydroxylation is 1. The number of nitrogens with one attached hydrogen (secondary N) is 1. The lowest BCUT2D eigenvalue weighted by Gasteiger charge is -2.29. The molecular weight excluding hydrogens is 298 g/mol. The van der Waals surface area contributed by atoms with Gasteiger partial charge in [-0.3, -0.25) is 0 Å². The molecular formula is C20H31N3O. The van der Waals surface area contributed by atoms with Gasteiger partial charge in [-0.25, -0.2) is 4.98 Å². The quantitative estimate of drug-likeness (QED) is 0.723. The van der Waals surface area contributed by atoms with E-state index in [2.05, 4.69) is 42.8 Å². The van der Waals surface area contributed by atoms with Crippen LogP contribution in [0.5, 0.6) is 0 Å². The third-order valence-corrected chi connectivity index (χ3v) is 4.46. The molecule has 1 aromatic heterocycles. The van der Waals surface area contributed by atoms with Crippen molar-refractivity contribution in [3.05, 3.63) is 41.8 Å². The predicted octanol–water partition coefficient (Wildman–Crippen LogP) is 4.27. The van der Waals surface area contributed by atoms with Crippen LogP contribution in [0.25, 0.3) is 5.70 Å². The smallest absolute Gasteiger partial charge is 0.131 e. The number of aromatic nitrogens is 1. The Hall–Kier alpha value is -1.97. The van der Waals surface area contributed by atoms with Crippen LogP contribution >= 0.6 is 0 Å². The molecule has 0 saturated carbocycles. The fourth-order valence-corrected chi connectivity index (χ4v) is 3.12. The van der Waals surface area contributed by atoms with Gasteiger partial charge in [0.25, 0.3) is 0 Å². The fraction of sp³-hybridized carbons (Fsp3) is 0.550. The van der Waals surface area contributed by atoms with Gasteiger partial charge in [-0.15, -0.1) is 0 Å². The minimum Gasteiger partial charge on any atom is -0.501 e. The van der Waals surface area contributed by atoms with Crippen LogP contribution in [-0.4, -0.2) is 31.7 Å². The third-order valence-electron chi connectivity index (χ3n) is 4.46. The van der Waals surface area contributed by atoms with Crippen molar-refractivity contribution in [1.82, 2.24) is 10.3 Å². The standard InChI is InChI=1S/C20H31N3O/c1-5-9-19(24-4)10-11-21-17(3)18-14-16(2)20(22-15-18)23-12-7-6-8-13-23/h9,14-15,21H,3,5-8,10-13H2,1-2,4H3/b19-9+. The summed E-state index contributed by atoms with van der Waals surface area (Å²) in [5.74, 6) is 2.14. The van der Waals surface area contributed by atoms with Crippen LogP contribution in [0, 0.1) is 6.92 Å². The molecule has 0 spiro atoms. The monoisotopic (exact) mass is 329 g/mol. The van der Waals surface area contributed by atoms with E-state index >= 15 is 0 Å². The van der Waals surface area contributed by atoms with E-state index in [1.165, 1.54) is 24.8 Å². The van der Waals surface area contributed by atoms with Gasteiger partial charge in [0.15, 0.2) is 0 Å². The Morgan fingerprint density at radius 3 is 2.75 bits per heavy atom. The number of allylic oxidation sites excluding steroid dienone is 1. The number of ether oxygens (including phenoxy) is 1. The molecule has 1 fully saturated rings. The van der Waals surface area contributed by atoms with Gasteiger partial charge >= 0.3 is 0 Å². The molecule has 132 valence electrons. The van der Waals surface area contributed by atoms with E-state index < -0.39 is 0 Å². The van der Waals surface area contributed by atoms with E-state index in [4.69, 9.17) is 9.72 Å². The lowest BCUT2D eigenvalue weighted by molar-refractivity contribution is 0.275. The lowest BCUT2D eigenvalue weighted by Crippen LogP contribution is -2.30. The van der Waals surface area contributed by atoms with E-state index in [0.29, 0.717) is 0 Å². The first-order chi connectivity index (χ1) is 11.7. The normalized spacial score (nSPS) is 15.3. The maximum atomic E-state index is 5.35. The van der Waals surface area contributed by atoms with Crippen LogP contribution in [-0.2, 0) is 4.74 Å². The fourth-order valence-electron chi connectivity index (χ4n) is 3.12. The molecule has 4 heteroatoms. The molecule has 24 heavy (non-hydrogen) atoms. The predicted molar refractivity (Wildman–Crippen MR) is 102 cm³/mol. The van der Waals surface area contributed by atoms with Crippen LogP contribution in [0.2, 0.25) is 0 Å². The van der Waals surface area contributed by atoms with Crippen molar-refractivity contribution >= 4 is 11.5 Å². The zero-order chi connectivity index (χ0) is 17.4. The number of rotatable bonds is 8. The lowest BCUT2D eigenvalue weighted by atomic mass is 10.1. The Labute approximate surface area is 146 Å². The molecule has 1 aliphatic rings. The molecule has 0 aliphatic carbocycles. The van der Waals surface area contributed by atoms with Crippen LogP contribution in [0.15, 0.2) is 30.7 Å². The first-order valence-electron chi connectivity index (χ1n) is 9.03. The second kappa shape index (κ2) is 9.36. The zero-order valence-corrected chi connectivity index (χ0v) is 15.4. The SMILES string of the molecule is C=C(NCC/C(=C\CC)OC)c1cnc(N2CCCCC2)c(C)c1. The summed E-state index contributed by atoms with van der Waals surface area (Å²) in [5, 5.41) is 3.38. The summed E-state index contributed by atoms with van der Waals surface area (Å²) in [6, 6.07) is 2.19. The number of pyridine rings is 1. The van der Waals surface area contributed by atoms with Gasteiger partial charge in [0.05, 0.1) is 12.9 Å². The number of methoxy groups -OCH3 is 1. The average molecular weight is 329 g/mol. The van der Waals surface area contributed by atoms with E-state index in [9.17, 15) is 0 Å². The summed E-state index contributed by atoms with van der Waals surface area (Å²) in [6.45, 7) is 11.5. The van der Waals surface area contributed by atoms with Crippen LogP contribution < -0.4 is 10.2 Å². The zero-order valence-electron chi connectivity index (χ0n) is 15.4. The molecule has 1 aromatic rings. The van der Waals surface area contributed by atoms with Crippen molar-refractivity contribution in [2.45, 2.75) is 46.0 Å². The van der Waals surface area contributed by atoms with Gasteiger partial charge in [-0.05, 0) is 50.3 Å². The maximum Gasteiger partial charge on any atom is 0.131 e. The Bertz CT molecular complexity index is 574. The highest BCUT2D eigenvalue weighted by atomic mass is 16.5. The molecule has 0 unspecified atom stereocenters. The molecule has 1 saturated heterocycles. The topological polar surface area (TPSA) is 37.4 Å². The van der Waals surface area contributed by atoms with Crippen molar-refractivity contribution in [1.29, 1.82) is 0 Å². The highest BCUT2D eigenvalue weighted by Crippen LogP contribution is 2.23. The first-order valence-corrected chi connectivity index (χ1v) is 9.03. The number of hydrogen-bond acceptors (Lipinski definition) is 4. The van der Waals surface area contributed by atoms with Gasteiger partial charge in [-0.1, -0.05) is 13.5 Å². The number of anilines is 1. The molecule has 0 amide bonds. The summed E-state index contributed by atoms with van der Waals surface area (Å²) in [5.41, 5.74) is 3.20. The number of hydrogen-bond donors (Lipinski definition) is 1. The van der Waals surface area contributed by atoms with Crippen molar-refractivity contribution in [2.75, 3.05) is 31.6 Å². The largest absolute Gasteiger partial charge is 0.501 e. The van der Waals surface area contributed by atoms with Crippen molar-refractivity contribution < 1.29 is 4.74 Å². The highest BCUT2D eigenvalue weighted by molar-refractivity contribution is 5.64. The Kier molecular flexibility index (Phi) is 7.16. The Morgan fingerprint density at radius 2 is 2.12 bits per heavy atom. The number of nitrogens with zero attached hydrogens (tertiary/aromatic N) is 2. The van der Waals surface area contributed by atoms with Crippen LogP contribution in [0.4, 0.5) is 5.82 Å². The van der Waals surface area contributed by atoms with Crippen molar-refractivity contribution in [3.8, 4) is 0 Å². The minimum atomic E-state index is 0.811. The highest BCUT2D eigenvalue weighted by Gasteiger charge is 2.14. The molecule has 2 rings (SSSR count). The van der Waals surface area contributed by atoms with Crippen molar-refractivity contribution in [2.24, 2.45) is 0 Å². The Morgan fingerprint density at radius 1 is 1.38 bits per heavy atom. The molecule has 0 atom stereocenters. The maximum absolute atomic E-state index is 5.35. The Balaban J connectivity index is 1.93. The van der Waals surface area contributed by atoms with Gasteiger partial charge in [0, 0.05) is 43.5 Å². The molecule has 0 bridgehead atoms. The van der Waals surface area contributed by atoms with E-state index in [-0.39, 0.29) is 0 Å². The van der Waals surface area contributed by atoms with E-state index in [1.54, 1.807) is 7.11 Å². The molecule has 4 nitrogen and oxygen atoms in total.